The van der Waals surface area contributed by atoms with Crippen LogP contribution in [0.25, 0.3) is 10.9 Å². The quantitative estimate of drug-likeness (QED) is 0.738. The number of anilines is 2. The van der Waals surface area contributed by atoms with Gasteiger partial charge in [0, 0.05) is 53.5 Å². The largest absolute Gasteiger partial charge is 0.369 e. The van der Waals surface area contributed by atoms with Crippen LogP contribution in [-0.2, 0) is 0 Å². The fraction of sp³-hybridized carbons (Fsp3) is 0.250. The van der Waals surface area contributed by atoms with E-state index in [1.807, 2.05) is 30.3 Å². The first kappa shape index (κ1) is 16.9. The van der Waals surface area contributed by atoms with Crippen molar-refractivity contribution in [2.24, 2.45) is 0 Å². The van der Waals surface area contributed by atoms with Crippen LogP contribution in [-0.4, -0.2) is 49.0 Å². The molecule has 0 radical (unpaired) electrons. The number of H-pyrrole nitrogens is 1. The number of benzene rings is 2. The van der Waals surface area contributed by atoms with Gasteiger partial charge in [-0.05, 0) is 49.5 Å². The second-order valence-corrected chi connectivity index (χ2v) is 7.08. The molecule has 1 amide bonds. The Labute approximate surface area is 157 Å². The third kappa shape index (κ3) is 3.41. The number of nitrogens with one attached hydrogen (secondary N) is 2. The number of nitrogens with zero attached hydrogens (tertiary/aromatic N) is 2. The first-order valence-electron chi connectivity index (χ1n) is 8.72. The van der Waals surface area contributed by atoms with Gasteiger partial charge in [0.1, 0.15) is 5.69 Å². The lowest BCUT2D eigenvalue weighted by Crippen LogP contribution is -2.44. The number of aromatic amines is 1. The van der Waals surface area contributed by atoms with Crippen LogP contribution in [0.15, 0.2) is 48.5 Å². The maximum absolute atomic E-state index is 12.5. The molecule has 0 saturated carbocycles. The van der Waals surface area contributed by atoms with Crippen molar-refractivity contribution >= 4 is 39.8 Å². The summed E-state index contributed by atoms with van der Waals surface area (Å²) in [5.74, 6) is -0.176. The standard InChI is InChI=1S/C20H21ClN4O/c1-24-9-11-25(12-10-24)15-7-5-14(6-8-15)22-20(26)19-13-16-17(21)3-2-4-18(16)23-19/h2-8,13,23H,9-12H2,1H3,(H,22,26). The van der Waals surface area contributed by atoms with E-state index in [0.29, 0.717) is 10.7 Å². The second-order valence-electron chi connectivity index (χ2n) is 6.68. The summed E-state index contributed by atoms with van der Waals surface area (Å²) in [6.45, 7) is 4.19. The molecule has 0 spiro atoms. The highest BCUT2D eigenvalue weighted by atomic mass is 35.5. The number of hydrogen-bond donors (Lipinski definition) is 2. The van der Waals surface area contributed by atoms with E-state index in [1.54, 1.807) is 6.07 Å². The van der Waals surface area contributed by atoms with Crippen LogP contribution < -0.4 is 10.2 Å². The molecule has 1 aliphatic heterocycles. The first-order chi connectivity index (χ1) is 12.6. The Kier molecular flexibility index (Phi) is 4.57. The van der Waals surface area contributed by atoms with Crippen LogP contribution in [0.1, 0.15) is 10.5 Å². The summed E-state index contributed by atoms with van der Waals surface area (Å²) in [6, 6.07) is 15.4. The molecule has 0 unspecified atom stereocenters. The highest BCUT2D eigenvalue weighted by molar-refractivity contribution is 6.35. The molecule has 6 heteroatoms. The lowest BCUT2D eigenvalue weighted by molar-refractivity contribution is 0.102. The van der Waals surface area contributed by atoms with Gasteiger partial charge in [0.15, 0.2) is 0 Å². The van der Waals surface area contributed by atoms with Crippen molar-refractivity contribution in [1.29, 1.82) is 0 Å². The summed E-state index contributed by atoms with van der Waals surface area (Å²) < 4.78 is 0. The number of carbonyl (C=O) groups excluding carboxylic acids is 1. The van der Waals surface area contributed by atoms with E-state index in [0.717, 1.165) is 42.8 Å². The zero-order valence-corrected chi connectivity index (χ0v) is 15.4. The van der Waals surface area contributed by atoms with Crippen molar-refractivity contribution in [3.05, 3.63) is 59.2 Å². The second kappa shape index (κ2) is 7.02. The van der Waals surface area contributed by atoms with E-state index in [1.165, 1.54) is 5.69 Å². The van der Waals surface area contributed by atoms with Gasteiger partial charge in [0.25, 0.3) is 5.91 Å². The van der Waals surface area contributed by atoms with Crippen molar-refractivity contribution in [3.63, 3.8) is 0 Å². The van der Waals surface area contributed by atoms with Crippen LogP contribution in [0.2, 0.25) is 5.02 Å². The number of halogens is 1. The van der Waals surface area contributed by atoms with Gasteiger partial charge in [-0.3, -0.25) is 4.79 Å². The molecule has 0 bridgehead atoms. The summed E-state index contributed by atoms with van der Waals surface area (Å²) in [7, 11) is 2.15. The Bertz CT molecular complexity index is 927. The van der Waals surface area contributed by atoms with Crippen LogP contribution in [0.5, 0.6) is 0 Å². The van der Waals surface area contributed by atoms with E-state index in [-0.39, 0.29) is 5.91 Å². The van der Waals surface area contributed by atoms with E-state index in [4.69, 9.17) is 11.6 Å². The summed E-state index contributed by atoms with van der Waals surface area (Å²) in [5.41, 5.74) is 3.32. The average molecular weight is 369 g/mol. The van der Waals surface area contributed by atoms with Crippen LogP contribution in [0.3, 0.4) is 0 Å². The Morgan fingerprint density at radius 2 is 1.81 bits per heavy atom. The number of piperazine rings is 1. The summed E-state index contributed by atoms with van der Waals surface area (Å²) in [5, 5.41) is 4.42. The molecule has 3 aromatic rings. The smallest absolute Gasteiger partial charge is 0.272 e. The minimum absolute atomic E-state index is 0.176. The van der Waals surface area contributed by atoms with Gasteiger partial charge in [-0.15, -0.1) is 0 Å². The maximum atomic E-state index is 12.5. The van der Waals surface area contributed by atoms with Crippen molar-refractivity contribution in [1.82, 2.24) is 9.88 Å². The molecule has 0 aliphatic carbocycles. The molecule has 0 atom stereocenters. The van der Waals surface area contributed by atoms with Crippen LogP contribution in [0, 0.1) is 0 Å². The summed E-state index contributed by atoms with van der Waals surface area (Å²) >= 11 is 6.18. The molecular formula is C20H21ClN4O. The molecule has 2 N–H and O–H groups in total. The monoisotopic (exact) mass is 368 g/mol. The zero-order valence-electron chi connectivity index (χ0n) is 14.6. The average Bonchev–Trinajstić information content (AvgIpc) is 3.09. The predicted octanol–water partition coefficient (Wildman–Crippen LogP) is 3.83. The molecule has 1 aliphatic rings. The number of carbonyl (C=O) groups is 1. The minimum Gasteiger partial charge on any atom is -0.369 e. The van der Waals surface area contributed by atoms with Crippen molar-refractivity contribution in [2.75, 3.05) is 43.4 Å². The molecule has 1 aromatic heterocycles. The Morgan fingerprint density at radius 3 is 2.50 bits per heavy atom. The fourth-order valence-corrected chi connectivity index (χ4v) is 3.49. The Balaban J connectivity index is 1.46. The molecule has 26 heavy (non-hydrogen) atoms. The fourth-order valence-electron chi connectivity index (χ4n) is 3.26. The number of rotatable bonds is 3. The lowest BCUT2D eigenvalue weighted by Gasteiger charge is -2.34. The number of aromatic nitrogens is 1. The summed E-state index contributed by atoms with van der Waals surface area (Å²) in [6.07, 6.45) is 0. The van der Waals surface area contributed by atoms with E-state index < -0.39 is 0 Å². The Hall–Kier alpha value is -2.50. The highest BCUT2D eigenvalue weighted by Gasteiger charge is 2.15. The zero-order chi connectivity index (χ0) is 18.1. The first-order valence-corrected chi connectivity index (χ1v) is 9.10. The summed E-state index contributed by atoms with van der Waals surface area (Å²) in [4.78, 5) is 20.3. The third-order valence-electron chi connectivity index (χ3n) is 4.85. The maximum Gasteiger partial charge on any atom is 0.272 e. The third-order valence-corrected chi connectivity index (χ3v) is 5.18. The number of fused-ring (bicyclic) bond motifs is 1. The molecule has 1 saturated heterocycles. The topological polar surface area (TPSA) is 51.4 Å². The van der Waals surface area contributed by atoms with Crippen molar-refractivity contribution in [3.8, 4) is 0 Å². The Morgan fingerprint density at radius 1 is 1.08 bits per heavy atom. The molecule has 2 heterocycles. The molecule has 1 fully saturated rings. The highest BCUT2D eigenvalue weighted by Crippen LogP contribution is 2.25. The van der Waals surface area contributed by atoms with Gasteiger partial charge in [-0.1, -0.05) is 17.7 Å². The molecule has 5 nitrogen and oxygen atoms in total. The van der Waals surface area contributed by atoms with Gasteiger partial charge in [-0.25, -0.2) is 0 Å². The van der Waals surface area contributed by atoms with Gasteiger partial charge >= 0.3 is 0 Å². The molecule has 4 rings (SSSR count). The predicted molar refractivity (Wildman–Crippen MR) is 107 cm³/mol. The normalized spacial score (nSPS) is 15.4. The van der Waals surface area contributed by atoms with Gasteiger partial charge in [-0.2, -0.15) is 0 Å². The number of amides is 1. The number of likely N-dealkylation sites (N-methyl/N-ethyl adjacent to an activating group) is 1. The SMILES string of the molecule is CN1CCN(c2ccc(NC(=O)c3cc4c(Cl)cccc4[nH]3)cc2)CC1. The minimum atomic E-state index is -0.176. The van der Waals surface area contributed by atoms with Gasteiger partial charge in [0.05, 0.1) is 0 Å². The van der Waals surface area contributed by atoms with Gasteiger partial charge in [0.2, 0.25) is 0 Å². The molecule has 2 aromatic carbocycles. The van der Waals surface area contributed by atoms with E-state index in [9.17, 15) is 4.79 Å². The van der Waals surface area contributed by atoms with Crippen molar-refractivity contribution in [2.45, 2.75) is 0 Å². The number of hydrogen-bond acceptors (Lipinski definition) is 3. The van der Waals surface area contributed by atoms with E-state index >= 15 is 0 Å². The van der Waals surface area contributed by atoms with Crippen LogP contribution in [0.4, 0.5) is 11.4 Å². The van der Waals surface area contributed by atoms with Gasteiger partial charge < -0.3 is 20.1 Å². The van der Waals surface area contributed by atoms with Crippen LogP contribution >= 0.6 is 11.6 Å². The molecular weight excluding hydrogens is 348 g/mol. The van der Waals surface area contributed by atoms with Crippen molar-refractivity contribution < 1.29 is 4.79 Å². The van der Waals surface area contributed by atoms with E-state index in [2.05, 4.69) is 39.3 Å². The molecule has 134 valence electrons. The lowest BCUT2D eigenvalue weighted by atomic mass is 10.2.